The maximum atomic E-state index is 10.8. The van der Waals surface area contributed by atoms with Crippen LogP contribution in [0.2, 0.25) is 0 Å². The zero-order valence-corrected chi connectivity index (χ0v) is 9.73. The van der Waals surface area contributed by atoms with Crippen molar-refractivity contribution in [3.8, 4) is 0 Å². The average molecular weight is 240 g/mol. The maximum absolute atomic E-state index is 10.8. The van der Waals surface area contributed by atoms with E-state index in [4.69, 9.17) is 16.2 Å². The standard InChI is InChI=1S/C10H16N4O3/c1-4-6(11)7(14-10(12)16)8(15)5(2)13-9(4)17-3/h4,6,15H,2,11H2,1,3H3,(H3,12,14,16). The van der Waals surface area contributed by atoms with Crippen LogP contribution in [0.5, 0.6) is 0 Å². The highest BCUT2D eigenvalue weighted by Gasteiger charge is 2.30. The summed E-state index contributed by atoms with van der Waals surface area (Å²) in [4.78, 5) is 14.8. The fourth-order valence-corrected chi connectivity index (χ4v) is 1.51. The van der Waals surface area contributed by atoms with Crippen LogP contribution in [0, 0.1) is 5.92 Å². The molecule has 7 heteroatoms. The highest BCUT2D eigenvalue weighted by molar-refractivity contribution is 5.83. The second-order valence-electron chi connectivity index (χ2n) is 3.67. The molecule has 17 heavy (non-hydrogen) atoms. The summed E-state index contributed by atoms with van der Waals surface area (Å²) in [5, 5.41) is 12.1. The first-order chi connectivity index (χ1) is 7.88. The Kier molecular flexibility index (Phi) is 3.74. The Morgan fingerprint density at radius 3 is 2.71 bits per heavy atom. The predicted octanol–water partition coefficient (Wildman–Crippen LogP) is -0.0401. The lowest BCUT2D eigenvalue weighted by molar-refractivity contribution is 0.249. The van der Waals surface area contributed by atoms with Crippen LogP contribution < -0.4 is 16.8 Å². The lowest BCUT2D eigenvalue weighted by Gasteiger charge is -2.21. The first kappa shape index (κ1) is 13.0. The summed E-state index contributed by atoms with van der Waals surface area (Å²) in [6, 6.07) is -1.51. The Balaban J connectivity index is 3.19. The van der Waals surface area contributed by atoms with Gasteiger partial charge in [0.25, 0.3) is 0 Å². The van der Waals surface area contributed by atoms with Gasteiger partial charge >= 0.3 is 6.03 Å². The third-order valence-corrected chi connectivity index (χ3v) is 2.50. The number of aliphatic hydroxyl groups excluding tert-OH is 1. The summed E-state index contributed by atoms with van der Waals surface area (Å²) in [5.41, 5.74) is 11.1. The number of amides is 2. The summed E-state index contributed by atoms with van der Waals surface area (Å²) in [6.45, 7) is 5.31. The number of urea groups is 1. The highest BCUT2D eigenvalue weighted by atomic mass is 16.5. The molecule has 0 saturated carbocycles. The van der Waals surface area contributed by atoms with Crippen molar-refractivity contribution in [2.75, 3.05) is 7.11 Å². The molecule has 1 rings (SSSR count). The van der Waals surface area contributed by atoms with Crippen LogP contribution in [0.1, 0.15) is 6.92 Å². The molecule has 0 fully saturated rings. The smallest absolute Gasteiger partial charge is 0.316 e. The van der Waals surface area contributed by atoms with E-state index < -0.39 is 12.1 Å². The summed E-state index contributed by atoms with van der Waals surface area (Å²) in [5.74, 6) is -0.297. The van der Waals surface area contributed by atoms with Gasteiger partial charge in [-0.1, -0.05) is 13.5 Å². The monoisotopic (exact) mass is 240 g/mol. The lowest BCUT2D eigenvalue weighted by atomic mass is 9.99. The van der Waals surface area contributed by atoms with Crippen LogP contribution in [-0.2, 0) is 4.74 Å². The number of nitrogens with zero attached hydrogens (tertiary/aromatic N) is 1. The molecule has 0 radical (unpaired) electrons. The van der Waals surface area contributed by atoms with E-state index in [2.05, 4.69) is 16.9 Å². The van der Waals surface area contributed by atoms with Gasteiger partial charge in [0.15, 0.2) is 11.7 Å². The minimum atomic E-state index is -0.817. The zero-order valence-electron chi connectivity index (χ0n) is 9.73. The normalized spacial score (nSPS) is 25.1. The van der Waals surface area contributed by atoms with E-state index in [0.29, 0.717) is 5.90 Å². The molecule has 2 amide bonds. The number of hydrogen-bond donors (Lipinski definition) is 4. The minimum absolute atomic E-state index is 0.0606. The summed E-state index contributed by atoms with van der Waals surface area (Å²) in [6.07, 6.45) is 0. The quantitative estimate of drug-likeness (QED) is 0.513. The number of nitrogens with one attached hydrogen (secondary N) is 1. The van der Waals surface area contributed by atoms with Gasteiger partial charge in [-0.15, -0.1) is 0 Å². The number of rotatable bonds is 1. The molecular formula is C10H16N4O3. The van der Waals surface area contributed by atoms with Crippen molar-refractivity contribution in [1.82, 2.24) is 5.32 Å². The van der Waals surface area contributed by atoms with Crippen LogP contribution in [0.4, 0.5) is 4.79 Å². The zero-order chi connectivity index (χ0) is 13.2. The average Bonchev–Trinajstić information content (AvgIpc) is 2.34. The van der Waals surface area contributed by atoms with Crippen LogP contribution in [0.15, 0.2) is 28.7 Å². The molecule has 2 unspecified atom stereocenters. The van der Waals surface area contributed by atoms with Gasteiger partial charge in [-0.2, -0.15) is 0 Å². The third-order valence-electron chi connectivity index (χ3n) is 2.50. The number of nitrogens with two attached hydrogens (primary N) is 2. The molecule has 6 N–H and O–H groups in total. The number of aliphatic hydroxyl groups is 1. The van der Waals surface area contributed by atoms with Gasteiger partial charge in [0, 0.05) is 0 Å². The van der Waals surface area contributed by atoms with E-state index in [1.54, 1.807) is 6.92 Å². The molecule has 7 nitrogen and oxygen atoms in total. The fourth-order valence-electron chi connectivity index (χ4n) is 1.51. The number of primary amides is 1. The van der Waals surface area contributed by atoms with Crippen LogP contribution in [0.3, 0.4) is 0 Å². The molecule has 0 saturated heterocycles. The molecule has 0 aromatic rings. The molecule has 0 aromatic heterocycles. The Bertz CT molecular complexity index is 414. The molecule has 0 aromatic carbocycles. The topological polar surface area (TPSA) is 123 Å². The van der Waals surface area contributed by atoms with E-state index in [0.717, 1.165) is 0 Å². The lowest BCUT2D eigenvalue weighted by Crippen LogP contribution is -2.43. The Morgan fingerprint density at radius 2 is 2.24 bits per heavy atom. The largest absolute Gasteiger partial charge is 0.504 e. The number of hydrogen-bond acceptors (Lipinski definition) is 5. The second-order valence-corrected chi connectivity index (χ2v) is 3.67. The Morgan fingerprint density at radius 1 is 1.65 bits per heavy atom. The van der Waals surface area contributed by atoms with Crippen molar-refractivity contribution >= 4 is 11.9 Å². The number of carbonyl (C=O) groups excluding carboxylic acids is 1. The number of ether oxygens (including phenoxy) is 1. The van der Waals surface area contributed by atoms with Crippen LogP contribution in [-0.4, -0.2) is 30.2 Å². The van der Waals surface area contributed by atoms with E-state index in [1.807, 2.05) is 0 Å². The van der Waals surface area contributed by atoms with Crippen LogP contribution >= 0.6 is 0 Å². The van der Waals surface area contributed by atoms with Crippen molar-refractivity contribution in [3.63, 3.8) is 0 Å². The van der Waals surface area contributed by atoms with Gasteiger partial charge < -0.3 is 26.6 Å². The SMILES string of the molecule is C=C1N=C(OC)C(C)C(N)C(NC(N)=O)=C1O. The van der Waals surface area contributed by atoms with Gasteiger partial charge in [-0.05, 0) is 0 Å². The first-order valence-corrected chi connectivity index (χ1v) is 4.95. The predicted molar refractivity (Wildman–Crippen MR) is 63.1 cm³/mol. The van der Waals surface area contributed by atoms with Crippen molar-refractivity contribution in [2.24, 2.45) is 22.4 Å². The van der Waals surface area contributed by atoms with Crippen molar-refractivity contribution in [2.45, 2.75) is 13.0 Å². The van der Waals surface area contributed by atoms with Crippen molar-refractivity contribution in [1.29, 1.82) is 0 Å². The highest BCUT2D eigenvalue weighted by Crippen LogP contribution is 2.23. The molecule has 1 heterocycles. The van der Waals surface area contributed by atoms with Gasteiger partial charge in [0.1, 0.15) is 5.70 Å². The van der Waals surface area contributed by atoms with E-state index >= 15 is 0 Å². The fraction of sp³-hybridized carbons (Fsp3) is 0.400. The number of carbonyl (C=O) groups is 1. The summed E-state index contributed by atoms with van der Waals surface area (Å²) < 4.78 is 5.05. The van der Waals surface area contributed by atoms with E-state index in [-0.39, 0.29) is 23.1 Å². The summed E-state index contributed by atoms with van der Waals surface area (Å²) >= 11 is 0. The van der Waals surface area contributed by atoms with Gasteiger partial charge in [-0.3, -0.25) is 0 Å². The van der Waals surface area contributed by atoms with E-state index in [9.17, 15) is 9.90 Å². The second kappa shape index (κ2) is 4.88. The molecule has 94 valence electrons. The molecule has 2 atom stereocenters. The Labute approximate surface area is 98.8 Å². The molecule has 0 bridgehead atoms. The molecule has 1 aliphatic heterocycles. The maximum Gasteiger partial charge on any atom is 0.316 e. The van der Waals surface area contributed by atoms with E-state index in [1.165, 1.54) is 7.11 Å². The number of methoxy groups -OCH3 is 1. The first-order valence-electron chi connectivity index (χ1n) is 4.95. The van der Waals surface area contributed by atoms with Crippen molar-refractivity contribution < 1.29 is 14.6 Å². The van der Waals surface area contributed by atoms with Crippen molar-refractivity contribution in [3.05, 3.63) is 23.7 Å². The molecule has 0 spiro atoms. The molecule has 0 aliphatic carbocycles. The van der Waals surface area contributed by atoms with Gasteiger partial charge in [-0.25, -0.2) is 9.79 Å². The van der Waals surface area contributed by atoms with Crippen LogP contribution in [0.25, 0.3) is 0 Å². The minimum Gasteiger partial charge on any atom is -0.504 e. The number of aliphatic imine (C=N–C) groups is 1. The summed E-state index contributed by atoms with van der Waals surface area (Å²) in [7, 11) is 1.44. The Hall–Kier alpha value is -2.02. The van der Waals surface area contributed by atoms with Gasteiger partial charge in [0.2, 0.25) is 0 Å². The molecule has 1 aliphatic rings. The van der Waals surface area contributed by atoms with Gasteiger partial charge in [0.05, 0.1) is 24.8 Å². The molecular weight excluding hydrogens is 224 g/mol. The third kappa shape index (κ3) is 2.56.